The third kappa shape index (κ3) is 5.50. The standard InChI is InChI=1S/C14H16F5N3O2/c15-12(16)24-11-5-8(1-2-20-11)6-21-13(23)22-7-9-3-10(4-9)14(17,18)19/h1-2,5,9-10,12H,3-4,6-7H2,(H2,21,22,23). The van der Waals surface area contributed by atoms with E-state index in [2.05, 4.69) is 20.4 Å². The summed E-state index contributed by atoms with van der Waals surface area (Å²) >= 11 is 0. The minimum Gasteiger partial charge on any atom is -0.417 e. The van der Waals surface area contributed by atoms with E-state index in [0.717, 1.165) is 0 Å². The van der Waals surface area contributed by atoms with Gasteiger partial charge in [-0.2, -0.15) is 22.0 Å². The molecule has 0 atom stereocenters. The Bertz CT molecular complexity index is 562. The number of urea groups is 1. The van der Waals surface area contributed by atoms with Crippen molar-refractivity contribution in [2.24, 2.45) is 11.8 Å². The summed E-state index contributed by atoms with van der Waals surface area (Å²) in [5, 5.41) is 4.97. The van der Waals surface area contributed by atoms with Crippen molar-refractivity contribution in [3.8, 4) is 5.88 Å². The van der Waals surface area contributed by atoms with Crippen molar-refractivity contribution in [2.75, 3.05) is 6.54 Å². The number of hydrogen-bond donors (Lipinski definition) is 2. The lowest BCUT2D eigenvalue weighted by Crippen LogP contribution is -2.44. The van der Waals surface area contributed by atoms with Crippen LogP contribution in [0, 0.1) is 11.8 Å². The smallest absolute Gasteiger partial charge is 0.391 e. The summed E-state index contributed by atoms with van der Waals surface area (Å²) in [4.78, 5) is 15.2. The fourth-order valence-corrected chi connectivity index (χ4v) is 2.37. The predicted octanol–water partition coefficient (Wildman–Crippen LogP) is 3.07. The lowest BCUT2D eigenvalue weighted by molar-refractivity contribution is -0.203. The van der Waals surface area contributed by atoms with Crippen molar-refractivity contribution in [1.82, 2.24) is 15.6 Å². The molecular formula is C14H16F5N3O2. The van der Waals surface area contributed by atoms with Gasteiger partial charge in [0.15, 0.2) is 0 Å². The molecule has 1 aromatic heterocycles. The number of nitrogens with one attached hydrogen (secondary N) is 2. The molecule has 0 bridgehead atoms. The van der Waals surface area contributed by atoms with E-state index in [0.29, 0.717) is 5.56 Å². The second-order valence-electron chi connectivity index (χ2n) is 5.52. The second kappa shape index (κ2) is 7.63. The Hall–Kier alpha value is -2.13. The van der Waals surface area contributed by atoms with Crippen molar-refractivity contribution in [2.45, 2.75) is 32.2 Å². The van der Waals surface area contributed by atoms with E-state index in [1.165, 1.54) is 18.3 Å². The van der Waals surface area contributed by atoms with Crippen LogP contribution < -0.4 is 15.4 Å². The number of pyridine rings is 1. The highest BCUT2D eigenvalue weighted by Gasteiger charge is 2.47. The molecule has 0 radical (unpaired) electrons. The molecule has 0 aromatic carbocycles. The molecule has 0 unspecified atom stereocenters. The predicted molar refractivity (Wildman–Crippen MR) is 73.4 cm³/mol. The molecule has 5 nitrogen and oxygen atoms in total. The molecule has 1 saturated carbocycles. The van der Waals surface area contributed by atoms with Gasteiger partial charge in [0.1, 0.15) is 0 Å². The van der Waals surface area contributed by atoms with Gasteiger partial charge in [-0.1, -0.05) is 0 Å². The van der Waals surface area contributed by atoms with Gasteiger partial charge in [0.2, 0.25) is 5.88 Å². The van der Waals surface area contributed by atoms with Crippen LogP contribution in [0.3, 0.4) is 0 Å². The molecule has 0 saturated heterocycles. The molecule has 10 heteroatoms. The molecule has 134 valence electrons. The zero-order chi connectivity index (χ0) is 17.7. The highest BCUT2D eigenvalue weighted by Crippen LogP contribution is 2.44. The minimum absolute atomic E-state index is 0.0163. The van der Waals surface area contributed by atoms with E-state index < -0.39 is 24.7 Å². The van der Waals surface area contributed by atoms with E-state index in [4.69, 9.17) is 0 Å². The van der Waals surface area contributed by atoms with Crippen LogP contribution in [-0.4, -0.2) is 30.3 Å². The Balaban J connectivity index is 1.67. The topological polar surface area (TPSA) is 63.2 Å². The molecule has 1 heterocycles. The number of alkyl halides is 5. The monoisotopic (exact) mass is 353 g/mol. The molecular weight excluding hydrogens is 337 g/mol. The van der Waals surface area contributed by atoms with Gasteiger partial charge in [0.05, 0.1) is 5.92 Å². The largest absolute Gasteiger partial charge is 0.417 e. The van der Waals surface area contributed by atoms with E-state index >= 15 is 0 Å². The lowest BCUT2D eigenvalue weighted by Gasteiger charge is -2.36. The number of ether oxygens (including phenoxy) is 1. The summed E-state index contributed by atoms with van der Waals surface area (Å²) in [5.41, 5.74) is 0.497. The van der Waals surface area contributed by atoms with Gasteiger partial charge in [-0.3, -0.25) is 0 Å². The number of carbonyl (C=O) groups is 1. The van der Waals surface area contributed by atoms with E-state index in [1.807, 2.05) is 0 Å². The first kappa shape index (κ1) is 18.2. The minimum atomic E-state index is -4.17. The number of carbonyl (C=O) groups excluding carboxylic acids is 1. The highest BCUT2D eigenvalue weighted by molar-refractivity contribution is 5.73. The Morgan fingerprint density at radius 3 is 2.67 bits per heavy atom. The van der Waals surface area contributed by atoms with Crippen LogP contribution in [-0.2, 0) is 6.54 Å². The van der Waals surface area contributed by atoms with Gasteiger partial charge in [0, 0.05) is 25.4 Å². The Morgan fingerprint density at radius 2 is 2.04 bits per heavy atom. The average Bonchev–Trinajstić information content (AvgIpc) is 2.41. The van der Waals surface area contributed by atoms with Gasteiger partial charge in [-0.05, 0) is 30.4 Å². The van der Waals surface area contributed by atoms with Crippen molar-refractivity contribution in [1.29, 1.82) is 0 Å². The molecule has 1 aliphatic carbocycles. The zero-order valence-electron chi connectivity index (χ0n) is 12.4. The summed E-state index contributed by atoms with van der Waals surface area (Å²) in [7, 11) is 0. The van der Waals surface area contributed by atoms with Crippen LogP contribution in [0.4, 0.5) is 26.7 Å². The van der Waals surface area contributed by atoms with E-state index in [9.17, 15) is 26.7 Å². The first-order valence-corrected chi connectivity index (χ1v) is 7.22. The van der Waals surface area contributed by atoms with Crippen molar-refractivity contribution in [3.63, 3.8) is 0 Å². The number of nitrogens with zero attached hydrogens (tertiary/aromatic N) is 1. The maximum absolute atomic E-state index is 12.3. The van der Waals surface area contributed by atoms with Crippen LogP contribution in [0.1, 0.15) is 18.4 Å². The Morgan fingerprint density at radius 1 is 1.33 bits per heavy atom. The van der Waals surface area contributed by atoms with E-state index in [1.54, 1.807) is 0 Å². The van der Waals surface area contributed by atoms with Crippen LogP contribution in [0.5, 0.6) is 5.88 Å². The molecule has 0 spiro atoms. The van der Waals surface area contributed by atoms with Gasteiger partial charge < -0.3 is 15.4 Å². The van der Waals surface area contributed by atoms with Gasteiger partial charge in [0.25, 0.3) is 0 Å². The molecule has 2 rings (SSSR count). The lowest BCUT2D eigenvalue weighted by atomic mass is 9.74. The number of hydrogen-bond acceptors (Lipinski definition) is 3. The summed E-state index contributed by atoms with van der Waals surface area (Å²) in [6.07, 6.45) is -2.87. The van der Waals surface area contributed by atoms with Gasteiger partial charge >= 0.3 is 18.8 Å². The number of halogens is 5. The summed E-state index contributed by atoms with van der Waals surface area (Å²) in [6, 6.07) is 2.23. The Kier molecular flexibility index (Phi) is 5.79. The number of aromatic nitrogens is 1. The molecule has 1 fully saturated rings. The Labute approximate surface area is 134 Å². The fraction of sp³-hybridized carbons (Fsp3) is 0.571. The van der Waals surface area contributed by atoms with Crippen molar-refractivity contribution in [3.05, 3.63) is 23.9 Å². The van der Waals surface area contributed by atoms with Crippen LogP contribution in [0.25, 0.3) is 0 Å². The van der Waals surface area contributed by atoms with Crippen LogP contribution in [0.2, 0.25) is 0 Å². The molecule has 2 amide bonds. The second-order valence-corrected chi connectivity index (χ2v) is 5.52. The molecule has 0 aliphatic heterocycles. The number of amides is 2. The zero-order valence-corrected chi connectivity index (χ0v) is 12.4. The summed E-state index contributed by atoms with van der Waals surface area (Å²) < 4.78 is 65.3. The van der Waals surface area contributed by atoms with Crippen LogP contribution in [0.15, 0.2) is 18.3 Å². The molecule has 1 aliphatic rings. The number of rotatable bonds is 6. The van der Waals surface area contributed by atoms with Gasteiger partial charge in [-0.15, -0.1) is 0 Å². The first-order valence-electron chi connectivity index (χ1n) is 7.22. The quantitative estimate of drug-likeness (QED) is 0.773. The fourth-order valence-electron chi connectivity index (χ4n) is 2.37. The summed E-state index contributed by atoms with van der Waals surface area (Å²) in [6.45, 7) is -2.79. The molecule has 24 heavy (non-hydrogen) atoms. The van der Waals surface area contributed by atoms with Crippen LogP contribution >= 0.6 is 0 Å². The van der Waals surface area contributed by atoms with E-state index in [-0.39, 0.29) is 37.7 Å². The maximum Gasteiger partial charge on any atom is 0.391 e. The highest BCUT2D eigenvalue weighted by atomic mass is 19.4. The summed E-state index contributed by atoms with van der Waals surface area (Å²) in [5.74, 6) is -1.73. The third-order valence-electron chi connectivity index (χ3n) is 3.71. The first-order chi connectivity index (χ1) is 11.2. The average molecular weight is 353 g/mol. The molecule has 1 aromatic rings. The van der Waals surface area contributed by atoms with Crippen molar-refractivity contribution >= 4 is 6.03 Å². The van der Waals surface area contributed by atoms with Gasteiger partial charge in [-0.25, -0.2) is 9.78 Å². The maximum atomic E-state index is 12.3. The molecule has 2 N–H and O–H groups in total. The third-order valence-corrected chi connectivity index (χ3v) is 3.71. The van der Waals surface area contributed by atoms with Crippen molar-refractivity contribution < 1.29 is 31.5 Å². The SMILES string of the molecule is O=C(NCc1ccnc(OC(F)F)c1)NCC1CC(C(F)(F)F)C1. The normalized spacial score (nSPS) is 20.4.